The third kappa shape index (κ3) is 4.88. The van der Waals surface area contributed by atoms with Crippen molar-refractivity contribution in [2.24, 2.45) is 5.92 Å². The van der Waals surface area contributed by atoms with Crippen molar-refractivity contribution in [2.45, 2.75) is 46.1 Å². The summed E-state index contributed by atoms with van der Waals surface area (Å²) in [6.07, 6.45) is 2.92. The molecule has 2 rings (SSSR count). The van der Waals surface area contributed by atoms with Crippen molar-refractivity contribution in [3.05, 3.63) is 41.5 Å². The number of esters is 1. The van der Waals surface area contributed by atoms with Crippen LogP contribution in [0.2, 0.25) is 0 Å². The first-order valence-electron chi connectivity index (χ1n) is 8.51. The number of nitrogens with one attached hydrogen (secondary N) is 1. The van der Waals surface area contributed by atoms with Crippen LogP contribution in [0.25, 0.3) is 0 Å². The molecule has 0 radical (unpaired) electrons. The third-order valence-corrected chi connectivity index (χ3v) is 3.84. The van der Waals surface area contributed by atoms with E-state index in [0.29, 0.717) is 11.3 Å². The normalized spacial score (nSPS) is 14.6. The van der Waals surface area contributed by atoms with Gasteiger partial charge < -0.3 is 10.1 Å². The van der Waals surface area contributed by atoms with Gasteiger partial charge in [-0.2, -0.15) is 0 Å². The van der Waals surface area contributed by atoms with Gasteiger partial charge in [0.25, 0.3) is 0 Å². The number of aryl methyl sites for hydroxylation is 1. The average Bonchev–Trinajstić information content (AvgIpc) is 2.86. The summed E-state index contributed by atoms with van der Waals surface area (Å²) >= 11 is 0. The van der Waals surface area contributed by atoms with Gasteiger partial charge in [-0.15, -0.1) is 0 Å². The molecule has 1 aliphatic rings. The Bertz CT molecular complexity index is 768. The molecule has 0 saturated carbocycles. The second-order valence-electron chi connectivity index (χ2n) is 7.17. The van der Waals surface area contributed by atoms with Crippen molar-refractivity contribution in [3.8, 4) is 0 Å². The van der Waals surface area contributed by atoms with Crippen LogP contribution in [-0.2, 0) is 36.8 Å². The average molecular weight is 357 g/mol. The van der Waals surface area contributed by atoms with Crippen LogP contribution >= 0.6 is 0 Å². The topological polar surface area (TPSA) is 89.5 Å². The van der Waals surface area contributed by atoms with Gasteiger partial charge in [-0.3, -0.25) is 19.2 Å². The molecule has 6 nitrogen and oxygen atoms in total. The Labute approximate surface area is 152 Å². The van der Waals surface area contributed by atoms with E-state index < -0.39 is 35.0 Å². The molecular weight excluding hydrogens is 334 g/mol. The zero-order chi connectivity index (χ0) is 19.5. The van der Waals surface area contributed by atoms with Crippen LogP contribution in [0.5, 0.6) is 0 Å². The minimum Gasteiger partial charge on any atom is -0.460 e. The summed E-state index contributed by atoms with van der Waals surface area (Å²) in [7, 11) is 0. The number of allylic oxidation sites excluding steroid dienone is 2. The van der Waals surface area contributed by atoms with Crippen LogP contribution in [-0.4, -0.2) is 29.0 Å². The number of rotatable bonds is 5. The second kappa shape index (κ2) is 7.64. The van der Waals surface area contributed by atoms with E-state index in [0.717, 1.165) is 24.1 Å². The van der Waals surface area contributed by atoms with Gasteiger partial charge in [-0.05, 0) is 56.5 Å². The maximum Gasteiger partial charge on any atom is 0.310 e. The maximum atomic E-state index is 12.4. The summed E-state index contributed by atoms with van der Waals surface area (Å²) in [5.74, 6) is -3.54. The monoisotopic (exact) mass is 357 g/mol. The Balaban J connectivity index is 2.23. The smallest absolute Gasteiger partial charge is 0.310 e. The molecular formula is C20H23NO5. The molecule has 6 heteroatoms. The van der Waals surface area contributed by atoms with Gasteiger partial charge in [0.2, 0.25) is 5.91 Å². The van der Waals surface area contributed by atoms with Gasteiger partial charge in [0.05, 0.1) is 6.42 Å². The SMILES string of the molecule is CCc1ccc(CC(=O)OC(C)(C)C)c(NC(=O)C2C(=O)C=CC2=O)c1. The summed E-state index contributed by atoms with van der Waals surface area (Å²) in [5, 5.41) is 2.63. The Kier molecular flexibility index (Phi) is 5.75. The standard InChI is InChI=1S/C20H23NO5/c1-5-12-6-7-13(11-17(24)26-20(2,3)4)14(10-12)21-19(25)18-15(22)8-9-16(18)23/h6-10,18H,5,11H2,1-4H3,(H,21,25). The molecule has 0 bridgehead atoms. The van der Waals surface area contributed by atoms with Crippen LogP contribution in [0.15, 0.2) is 30.4 Å². The summed E-state index contributed by atoms with van der Waals surface area (Å²) in [6, 6.07) is 5.35. The minimum atomic E-state index is -1.35. The summed E-state index contributed by atoms with van der Waals surface area (Å²) in [6.45, 7) is 7.29. The number of benzene rings is 1. The lowest BCUT2D eigenvalue weighted by Crippen LogP contribution is -2.32. The lowest BCUT2D eigenvalue weighted by Gasteiger charge is -2.20. The highest BCUT2D eigenvalue weighted by Crippen LogP contribution is 2.22. The van der Waals surface area contributed by atoms with E-state index in [4.69, 9.17) is 4.74 Å². The summed E-state index contributed by atoms with van der Waals surface area (Å²) < 4.78 is 5.32. The molecule has 1 amide bonds. The van der Waals surface area contributed by atoms with Crippen molar-refractivity contribution in [3.63, 3.8) is 0 Å². The largest absolute Gasteiger partial charge is 0.460 e. The lowest BCUT2D eigenvalue weighted by molar-refractivity contribution is -0.154. The second-order valence-corrected chi connectivity index (χ2v) is 7.17. The fourth-order valence-corrected chi connectivity index (χ4v) is 2.61. The lowest BCUT2D eigenvalue weighted by atomic mass is 10.0. The van der Waals surface area contributed by atoms with E-state index >= 15 is 0 Å². The zero-order valence-corrected chi connectivity index (χ0v) is 15.4. The Hall–Kier alpha value is -2.76. The van der Waals surface area contributed by atoms with Gasteiger partial charge in [0.1, 0.15) is 5.60 Å². The predicted octanol–water partition coefficient (Wildman–Crippen LogP) is 2.40. The molecule has 1 aromatic rings. The van der Waals surface area contributed by atoms with Crippen molar-refractivity contribution < 1.29 is 23.9 Å². The van der Waals surface area contributed by atoms with Gasteiger partial charge >= 0.3 is 5.97 Å². The van der Waals surface area contributed by atoms with Crippen molar-refractivity contribution >= 4 is 29.1 Å². The van der Waals surface area contributed by atoms with Crippen LogP contribution in [0.4, 0.5) is 5.69 Å². The fourth-order valence-electron chi connectivity index (χ4n) is 2.61. The van der Waals surface area contributed by atoms with E-state index in [2.05, 4.69) is 5.32 Å². The number of ether oxygens (including phenoxy) is 1. The number of carbonyl (C=O) groups is 4. The van der Waals surface area contributed by atoms with E-state index in [1.54, 1.807) is 32.9 Å². The van der Waals surface area contributed by atoms with Gasteiger partial charge in [0.15, 0.2) is 17.5 Å². The minimum absolute atomic E-state index is 0.0261. The molecule has 0 unspecified atom stereocenters. The first kappa shape index (κ1) is 19.6. The van der Waals surface area contributed by atoms with E-state index in [-0.39, 0.29) is 6.42 Å². The number of hydrogen-bond donors (Lipinski definition) is 1. The van der Waals surface area contributed by atoms with E-state index in [1.807, 2.05) is 13.0 Å². The van der Waals surface area contributed by atoms with Crippen LogP contribution in [0, 0.1) is 5.92 Å². The van der Waals surface area contributed by atoms with Crippen molar-refractivity contribution in [1.82, 2.24) is 0 Å². The molecule has 0 fully saturated rings. The number of anilines is 1. The number of amides is 1. The zero-order valence-electron chi connectivity index (χ0n) is 15.4. The number of ketones is 2. The molecule has 0 atom stereocenters. The Morgan fingerprint density at radius 1 is 1.12 bits per heavy atom. The van der Waals surface area contributed by atoms with Crippen molar-refractivity contribution in [2.75, 3.05) is 5.32 Å². The molecule has 0 aromatic heterocycles. The Morgan fingerprint density at radius 2 is 1.73 bits per heavy atom. The van der Waals surface area contributed by atoms with Gasteiger partial charge in [0, 0.05) is 5.69 Å². The van der Waals surface area contributed by atoms with Crippen LogP contribution < -0.4 is 5.32 Å². The highest BCUT2D eigenvalue weighted by atomic mass is 16.6. The molecule has 1 aromatic carbocycles. The molecule has 26 heavy (non-hydrogen) atoms. The first-order chi connectivity index (χ1) is 12.1. The molecule has 138 valence electrons. The third-order valence-electron chi connectivity index (χ3n) is 3.84. The van der Waals surface area contributed by atoms with E-state index in [1.165, 1.54) is 0 Å². The van der Waals surface area contributed by atoms with Crippen molar-refractivity contribution in [1.29, 1.82) is 0 Å². The molecule has 0 saturated heterocycles. The first-order valence-corrected chi connectivity index (χ1v) is 8.51. The molecule has 0 spiro atoms. The van der Waals surface area contributed by atoms with E-state index in [9.17, 15) is 19.2 Å². The number of hydrogen-bond acceptors (Lipinski definition) is 5. The molecule has 1 aliphatic carbocycles. The summed E-state index contributed by atoms with van der Waals surface area (Å²) in [4.78, 5) is 48.0. The maximum absolute atomic E-state index is 12.4. The molecule has 1 N–H and O–H groups in total. The van der Waals surface area contributed by atoms with Crippen LogP contribution in [0.3, 0.4) is 0 Å². The fraction of sp³-hybridized carbons (Fsp3) is 0.400. The van der Waals surface area contributed by atoms with Gasteiger partial charge in [-0.25, -0.2) is 0 Å². The van der Waals surface area contributed by atoms with Gasteiger partial charge in [-0.1, -0.05) is 19.1 Å². The quantitative estimate of drug-likeness (QED) is 0.646. The predicted molar refractivity (Wildman–Crippen MR) is 96.6 cm³/mol. The Morgan fingerprint density at radius 3 is 2.27 bits per heavy atom. The number of carbonyl (C=O) groups excluding carboxylic acids is 4. The summed E-state index contributed by atoms with van der Waals surface area (Å²) in [5.41, 5.74) is 1.32. The molecule has 0 heterocycles. The highest BCUT2D eigenvalue weighted by Gasteiger charge is 2.35. The highest BCUT2D eigenvalue weighted by molar-refractivity contribution is 6.31. The van der Waals surface area contributed by atoms with Crippen LogP contribution in [0.1, 0.15) is 38.8 Å². The molecule has 0 aliphatic heterocycles.